The third-order valence-corrected chi connectivity index (χ3v) is 3.23. The SMILES string of the molecule is COc1ccc(CCCSC#N)cc1Br. The first-order valence-electron chi connectivity index (χ1n) is 4.61. The van der Waals surface area contributed by atoms with E-state index < -0.39 is 0 Å². The molecule has 0 amide bonds. The average Bonchev–Trinajstić information content (AvgIpc) is 2.25. The van der Waals surface area contributed by atoms with Gasteiger partial charge in [0.2, 0.25) is 0 Å². The van der Waals surface area contributed by atoms with Gasteiger partial charge in [0.15, 0.2) is 0 Å². The number of halogens is 1. The molecule has 0 fully saturated rings. The average molecular weight is 286 g/mol. The van der Waals surface area contributed by atoms with Gasteiger partial charge in [0.05, 0.1) is 11.6 Å². The molecule has 0 atom stereocenters. The Morgan fingerprint density at radius 2 is 2.33 bits per heavy atom. The van der Waals surface area contributed by atoms with Crippen LogP contribution in [0, 0.1) is 10.7 Å². The molecule has 2 nitrogen and oxygen atoms in total. The van der Waals surface area contributed by atoms with Crippen molar-refractivity contribution in [3.63, 3.8) is 0 Å². The molecule has 0 saturated carbocycles. The molecule has 0 unspecified atom stereocenters. The zero-order valence-electron chi connectivity index (χ0n) is 8.50. The Bertz CT molecular complexity index is 362. The molecule has 0 N–H and O–H groups in total. The summed E-state index contributed by atoms with van der Waals surface area (Å²) in [5.41, 5.74) is 1.27. The summed E-state index contributed by atoms with van der Waals surface area (Å²) in [6, 6.07) is 6.08. The lowest BCUT2D eigenvalue weighted by molar-refractivity contribution is 0.412. The Morgan fingerprint density at radius 3 is 2.93 bits per heavy atom. The molecule has 4 heteroatoms. The second kappa shape index (κ2) is 6.76. The minimum absolute atomic E-state index is 0.852. The maximum Gasteiger partial charge on any atom is 0.133 e. The normalized spacial score (nSPS) is 9.67. The van der Waals surface area contributed by atoms with E-state index in [1.807, 2.05) is 6.07 Å². The first-order valence-corrected chi connectivity index (χ1v) is 6.39. The number of benzene rings is 1. The molecule has 0 spiro atoms. The molecular weight excluding hydrogens is 274 g/mol. The predicted octanol–water partition coefficient (Wildman–Crippen LogP) is 3.60. The van der Waals surface area contributed by atoms with Crippen molar-refractivity contribution in [2.24, 2.45) is 0 Å². The summed E-state index contributed by atoms with van der Waals surface area (Å²) in [4.78, 5) is 0. The quantitative estimate of drug-likeness (QED) is 0.612. The highest BCUT2D eigenvalue weighted by Crippen LogP contribution is 2.26. The number of nitriles is 1. The Labute approximate surface area is 103 Å². The second-order valence-corrected chi connectivity index (χ2v) is 4.75. The zero-order chi connectivity index (χ0) is 11.1. The number of hydrogen-bond donors (Lipinski definition) is 0. The van der Waals surface area contributed by atoms with Gasteiger partial charge in [-0.2, -0.15) is 5.26 Å². The van der Waals surface area contributed by atoms with Gasteiger partial charge in [0, 0.05) is 5.75 Å². The number of ether oxygens (including phenoxy) is 1. The van der Waals surface area contributed by atoms with Gasteiger partial charge in [0.1, 0.15) is 11.2 Å². The summed E-state index contributed by atoms with van der Waals surface area (Å²) in [6.45, 7) is 0. The monoisotopic (exact) mass is 285 g/mol. The van der Waals surface area contributed by atoms with Crippen molar-refractivity contribution in [1.29, 1.82) is 5.26 Å². The van der Waals surface area contributed by atoms with Crippen LogP contribution in [0.2, 0.25) is 0 Å². The molecule has 0 aliphatic heterocycles. The van der Waals surface area contributed by atoms with Gasteiger partial charge in [-0.1, -0.05) is 6.07 Å². The van der Waals surface area contributed by atoms with Crippen molar-refractivity contribution in [1.82, 2.24) is 0 Å². The molecule has 1 aromatic rings. The molecule has 0 radical (unpaired) electrons. The second-order valence-electron chi connectivity index (χ2n) is 3.01. The van der Waals surface area contributed by atoms with E-state index in [4.69, 9.17) is 10.00 Å². The Balaban J connectivity index is 2.49. The maximum absolute atomic E-state index is 8.36. The molecule has 0 aliphatic carbocycles. The zero-order valence-corrected chi connectivity index (χ0v) is 10.9. The number of thioether (sulfide) groups is 1. The molecule has 80 valence electrons. The highest BCUT2D eigenvalue weighted by atomic mass is 79.9. The highest BCUT2D eigenvalue weighted by Gasteiger charge is 2.01. The molecular formula is C11H12BrNOS. The van der Waals surface area contributed by atoms with Crippen LogP contribution in [0.1, 0.15) is 12.0 Å². The van der Waals surface area contributed by atoms with Gasteiger partial charge in [-0.05, 0) is 58.2 Å². The van der Waals surface area contributed by atoms with Crippen molar-refractivity contribution in [3.05, 3.63) is 28.2 Å². The summed E-state index contributed by atoms with van der Waals surface area (Å²) >= 11 is 4.76. The summed E-state index contributed by atoms with van der Waals surface area (Å²) in [5, 5.41) is 10.4. The smallest absolute Gasteiger partial charge is 0.133 e. The maximum atomic E-state index is 8.36. The van der Waals surface area contributed by atoms with Crippen LogP contribution in [0.4, 0.5) is 0 Å². The van der Waals surface area contributed by atoms with E-state index in [-0.39, 0.29) is 0 Å². The largest absolute Gasteiger partial charge is 0.496 e. The van der Waals surface area contributed by atoms with E-state index >= 15 is 0 Å². The van der Waals surface area contributed by atoms with Gasteiger partial charge < -0.3 is 4.74 Å². The molecule has 0 aromatic heterocycles. The van der Waals surface area contributed by atoms with Gasteiger partial charge in [-0.25, -0.2) is 0 Å². The number of methoxy groups -OCH3 is 1. The van der Waals surface area contributed by atoms with Crippen molar-refractivity contribution in [2.45, 2.75) is 12.8 Å². The number of aryl methyl sites for hydroxylation is 1. The highest BCUT2D eigenvalue weighted by molar-refractivity contribution is 9.10. The van der Waals surface area contributed by atoms with E-state index in [1.54, 1.807) is 7.11 Å². The molecule has 0 bridgehead atoms. The minimum atomic E-state index is 0.852. The summed E-state index contributed by atoms with van der Waals surface area (Å²) in [5.74, 6) is 1.74. The van der Waals surface area contributed by atoms with Crippen molar-refractivity contribution in [2.75, 3.05) is 12.9 Å². The lowest BCUT2D eigenvalue weighted by Gasteiger charge is -2.05. The van der Waals surface area contributed by atoms with Crippen LogP contribution >= 0.6 is 27.7 Å². The van der Waals surface area contributed by atoms with Crippen molar-refractivity contribution in [3.8, 4) is 11.2 Å². The number of thiocyanates is 1. The molecule has 0 heterocycles. The Hall–Kier alpha value is -0.660. The van der Waals surface area contributed by atoms with E-state index in [2.05, 4.69) is 33.5 Å². The molecule has 15 heavy (non-hydrogen) atoms. The fourth-order valence-corrected chi connectivity index (χ4v) is 2.23. The topological polar surface area (TPSA) is 33.0 Å². The number of hydrogen-bond acceptors (Lipinski definition) is 3. The third-order valence-electron chi connectivity index (χ3n) is 1.99. The van der Waals surface area contributed by atoms with E-state index in [9.17, 15) is 0 Å². The van der Waals surface area contributed by atoms with Gasteiger partial charge in [-0.3, -0.25) is 0 Å². The predicted molar refractivity (Wildman–Crippen MR) is 67.1 cm³/mol. The van der Waals surface area contributed by atoms with E-state index in [0.717, 1.165) is 28.8 Å². The van der Waals surface area contributed by atoms with Crippen LogP contribution in [0.25, 0.3) is 0 Å². The van der Waals surface area contributed by atoms with Crippen molar-refractivity contribution < 1.29 is 4.74 Å². The number of rotatable bonds is 5. The molecule has 0 saturated heterocycles. The standard InChI is InChI=1S/C11H12BrNOS/c1-14-11-5-4-9(7-10(11)12)3-2-6-15-8-13/h4-5,7H,2-3,6H2,1H3. The van der Waals surface area contributed by atoms with E-state index in [0.29, 0.717) is 0 Å². The van der Waals surface area contributed by atoms with Crippen LogP contribution in [0.5, 0.6) is 5.75 Å². The molecule has 1 aromatic carbocycles. The summed E-state index contributed by atoms with van der Waals surface area (Å²) in [6.07, 6.45) is 2.02. The summed E-state index contributed by atoms with van der Waals surface area (Å²) < 4.78 is 6.13. The fourth-order valence-electron chi connectivity index (χ4n) is 1.26. The fraction of sp³-hybridized carbons (Fsp3) is 0.364. The first-order chi connectivity index (χ1) is 7.27. The molecule has 1 rings (SSSR count). The van der Waals surface area contributed by atoms with Gasteiger partial charge in [-0.15, -0.1) is 0 Å². The van der Waals surface area contributed by atoms with Crippen LogP contribution in [-0.2, 0) is 6.42 Å². The molecule has 0 aliphatic rings. The van der Waals surface area contributed by atoms with Crippen molar-refractivity contribution >= 4 is 27.7 Å². The van der Waals surface area contributed by atoms with Gasteiger partial charge >= 0.3 is 0 Å². The summed E-state index contributed by atoms with van der Waals surface area (Å²) in [7, 11) is 1.66. The Morgan fingerprint density at radius 1 is 1.53 bits per heavy atom. The van der Waals surface area contributed by atoms with E-state index in [1.165, 1.54) is 17.3 Å². The minimum Gasteiger partial charge on any atom is -0.496 e. The lowest BCUT2D eigenvalue weighted by Crippen LogP contribution is -1.90. The van der Waals surface area contributed by atoms with Crippen LogP contribution in [0.15, 0.2) is 22.7 Å². The van der Waals surface area contributed by atoms with Crippen LogP contribution in [0.3, 0.4) is 0 Å². The number of nitrogens with zero attached hydrogens (tertiary/aromatic N) is 1. The van der Waals surface area contributed by atoms with Crippen LogP contribution in [-0.4, -0.2) is 12.9 Å². The lowest BCUT2D eigenvalue weighted by atomic mass is 10.1. The van der Waals surface area contributed by atoms with Crippen LogP contribution < -0.4 is 4.74 Å². The third kappa shape index (κ3) is 4.15. The first kappa shape index (κ1) is 12.4. The van der Waals surface area contributed by atoms with Gasteiger partial charge in [0.25, 0.3) is 0 Å². The Kier molecular flexibility index (Phi) is 5.59.